The lowest BCUT2D eigenvalue weighted by molar-refractivity contribution is -0.137. The molecule has 3 rings (SSSR count). The highest BCUT2D eigenvalue weighted by Gasteiger charge is 2.18. The van der Waals surface area contributed by atoms with Crippen molar-refractivity contribution in [2.45, 2.75) is 39.0 Å². The molecule has 0 atom stereocenters. The van der Waals surface area contributed by atoms with Gasteiger partial charge in [-0.3, -0.25) is 0 Å². The van der Waals surface area contributed by atoms with Gasteiger partial charge in [0.15, 0.2) is 0 Å². The molecule has 0 spiro atoms. The van der Waals surface area contributed by atoms with Crippen LogP contribution in [0.1, 0.15) is 55.7 Å². The minimum absolute atomic E-state index is 0.0753. The van der Waals surface area contributed by atoms with E-state index in [0.29, 0.717) is 12.2 Å². The Morgan fingerprint density at radius 2 is 1.82 bits per heavy atom. The van der Waals surface area contributed by atoms with E-state index >= 15 is 0 Å². The lowest BCUT2D eigenvalue weighted by atomic mass is 9.84. The molecule has 0 heterocycles. The van der Waals surface area contributed by atoms with E-state index in [1.807, 2.05) is 24.3 Å². The maximum absolute atomic E-state index is 14.6. The van der Waals surface area contributed by atoms with Crippen molar-refractivity contribution in [1.29, 1.82) is 0 Å². The molecule has 0 saturated heterocycles. The number of allylic oxidation sites excluding steroid dienone is 1. The van der Waals surface area contributed by atoms with Gasteiger partial charge in [0.05, 0.1) is 6.61 Å². The van der Waals surface area contributed by atoms with Gasteiger partial charge in [-0.1, -0.05) is 36.3 Å². The van der Waals surface area contributed by atoms with Crippen molar-refractivity contribution >= 4 is 17.6 Å². The zero-order valence-electron chi connectivity index (χ0n) is 16.1. The first-order valence-electron chi connectivity index (χ1n) is 9.74. The molecule has 0 aromatic heterocycles. The topological polar surface area (TPSA) is 46.5 Å². The zero-order chi connectivity index (χ0) is 19.9. The van der Waals surface area contributed by atoms with Crippen molar-refractivity contribution in [1.82, 2.24) is 0 Å². The largest absolute Gasteiger partial charge is 0.508 e. The van der Waals surface area contributed by atoms with Crippen LogP contribution >= 0.6 is 0 Å². The van der Waals surface area contributed by atoms with Crippen molar-refractivity contribution in [3.05, 3.63) is 76.6 Å². The van der Waals surface area contributed by atoms with Gasteiger partial charge in [-0.2, -0.15) is 0 Å². The molecule has 1 aliphatic rings. The summed E-state index contributed by atoms with van der Waals surface area (Å²) in [7, 11) is 0. The van der Waals surface area contributed by atoms with Crippen LogP contribution in [0.25, 0.3) is 11.6 Å². The molecule has 1 saturated carbocycles. The molecule has 146 valence electrons. The molecule has 2 aromatic carbocycles. The number of phenolic OH excluding ortho intramolecular Hbond substituents is 1. The van der Waals surface area contributed by atoms with Crippen LogP contribution in [0.4, 0.5) is 4.39 Å². The van der Waals surface area contributed by atoms with Gasteiger partial charge in [0.2, 0.25) is 0 Å². The number of aromatic hydroxyl groups is 1. The summed E-state index contributed by atoms with van der Waals surface area (Å²) < 4.78 is 19.5. The third kappa shape index (κ3) is 4.89. The summed E-state index contributed by atoms with van der Waals surface area (Å²) in [5, 5.41) is 9.58. The third-order valence-electron chi connectivity index (χ3n) is 4.93. The molecule has 3 nitrogen and oxygen atoms in total. The molecule has 1 fully saturated rings. The molecular formula is C24H25FO3. The minimum atomic E-state index is -0.417. The van der Waals surface area contributed by atoms with E-state index in [0.717, 1.165) is 48.4 Å². The van der Waals surface area contributed by atoms with Gasteiger partial charge in [-0.15, -0.1) is 0 Å². The number of phenols is 1. The summed E-state index contributed by atoms with van der Waals surface area (Å²) in [6.07, 6.45) is 8.44. The Morgan fingerprint density at radius 1 is 1.11 bits per heavy atom. The Balaban J connectivity index is 1.96. The van der Waals surface area contributed by atoms with Crippen LogP contribution in [0, 0.1) is 5.82 Å². The van der Waals surface area contributed by atoms with Gasteiger partial charge in [0.25, 0.3) is 0 Å². The second-order valence-electron chi connectivity index (χ2n) is 6.91. The van der Waals surface area contributed by atoms with Crippen molar-refractivity contribution in [2.75, 3.05) is 6.61 Å². The highest BCUT2D eigenvalue weighted by Crippen LogP contribution is 2.36. The number of carbonyl (C=O) groups is 1. The van der Waals surface area contributed by atoms with Crippen LogP contribution in [0.2, 0.25) is 0 Å². The van der Waals surface area contributed by atoms with E-state index in [4.69, 9.17) is 4.74 Å². The van der Waals surface area contributed by atoms with Crippen molar-refractivity contribution in [3.63, 3.8) is 0 Å². The SMILES string of the molecule is CCOC(=O)/C=C/c1ccc(C(=C2CCCCC2)c2ccc(O)cc2F)cc1. The van der Waals surface area contributed by atoms with E-state index < -0.39 is 5.82 Å². The summed E-state index contributed by atoms with van der Waals surface area (Å²) in [6, 6.07) is 12.1. The Morgan fingerprint density at radius 3 is 2.46 bits per heavy atom. The van der Waals surface area contributed by atoms with Gasteiger partial charge in [-0.05, 0) is 67.5 Å². The molecule has 2 aromatic rings. The van der Waals surface area contributed by atoms with Gasteiger partial charge in [-0.25, -0.2) is 9.18 Å². The van der Waals surface area contributed by atoms with Crippen LogP contribution < -0.4 is 0 Å². The van der Waals surface area contributed by atoms with Crippen LogP contribution in [-0.2, 0) is 9.53 Å². The van der Waals surface area contributed by atoms with E-state index in [1.54, 1.807) is 19.1 Å². The van der Waals surface area contributed by atoms with Gasteiger partial charge >= 0.3 is 5.97 Å². The maximum Gasteiger partial charge on any atom is 0.330 e. The molecular weight excluding hydrogens is 355 g/mol. The Labute approximate surface area is 165 Å². The normalized spacial score (nSPS) is 14.3. The number of benzene rings is 2. The average Bonchev–Trinajstić information content (AvgIpc) is 2.70. The van der Waals surface area contributed by atoms with Crippen molar-refractivity contribution in [3.8, 4) is 5.75 Å². The predicted octanol–water partition coefficient (Wildman–Crippen LogP) is 5.87. The van der Waals surface area contributed by atoms with Crippen LogP contribution in [0.15, 0.2) is 54.1 Å². The lowest BCUT2D eigenvalue weighted by Crippen LogP contribution is -2.02. The fourth-order valence-electron chi connectivity index (χ4n) is 3.60. The molecule has 0 amide bonds. The highest BCUT2D eigenvalue weighted by molar-refractivity contribution is 5.87. The fourth-order valence-corrected chi connectivity index (χ4v) is 3.60. The van der Waals surface area contributed by atoms with Gasteiger partial charge in [0, 0.05) is 17.7 Å². The minimum Gasteiger partial charge on any atom is -0.508 e. The number of hydrogen-bond donors (Lipinski definition) is 1. The summed E-state index contributed by atoms with van der Waals surface area (Å²) in [4.78, 5) is 11.5. The number of halogens is 1. The third-order valence-corrected chi connectivity index (χ3v) is 4.93. The lowest BCUT2D eigenvalue weighted by Gasteiger charge is -2.21. The van der Waals surface area contributed by atoms with Gasteiger partial charge < -0.3 is 9.84 Å². The first-order valence-corrected chi connectivity index (χ1v) is 9.74. The molecule has 4 heteroatoms. The molecule has 0 unspecified atom stereocenters. The number of esters is 1. The molecule has 0 radical (unpaired) electrons. The standard InChI is InChI=1S/C24H25FO3/c1-2-28-23(27)15-10-17-8-11-19(12-9-17)24(18-6-4-3-5-7-18)21-14-13-20(26)16-22(21)25/h8-16,26H,2-7H2,1H3/b15-10+. The maximum atomic E-state index is 14.6. The summed E-state index contributed by atoms with van der Waals surface area (Å²) in [6.45, 7) is 2.11. The van der Waals surface area contributed by atoms with Crippen molar-refractivity contribution in [2.24, 2.45) is 0 Å². The zero-order valence-corrected chi connectivity index (χ0v) is 16.1. The van der Waals surface area contributed by atoms with Crippen LogP contribution in [0.5, 0.6) is 5.75 Å². The monoisotopic (exact) mass is 380 g/mol. The molecule has 0 aliphatic heterocycles. The average molecular weight is 380 g/mol. The number of hydrogen-bond acceptors (Lipinski definition) is 3. The molecule has 28 heavy (non-hydrogen) atoms. The number of rotatable bonds is 5. The Hall–Kier alpha value is -2.88. The van der Waals surface area contributed by atoms with E-state index in [9.17, 15) is 14.3 Å². The summed E-state index contributed by atoms with van der Waals surface area (Å²) in [5.41, 5.74) is 4.50. The Kier molecular flexibility index (Phi) is 6.64. The van der Waals surface area contributed by atoms with E-state index in [1.165, 1.54) is 24.1 Å². The first-order chi connectivity index (χ1) is 13.6. The van der Waals surface area contributed by atoms with E-state index in [-0.39, 0.29) is 11.7 Å². The Bertz CT molecular complexity index is 887. The summed E-state index contributed by atoms with van der Waals surface area (Å²) >= 11 is 0. The number of ether oxygens (including phenoxy) is 1. The van der Waals surface area contributed by atoms with Crippen LogP contribution in [-0.4, -0.2) is 17.7 Å². The summed E-state index contributed by atoms with van der Waals surface area (Å²) in [5.74, 6) is -0.865. The second-order valence-corrected chi connectivity index (χ2v) is 6.91. The molecule has 0 bridgehead atoms. The quantitative estimate of drug-likeness (QED) is 0.521. The number of carbonyl (C=O) groups excluding carboxylic acids is 1. The predicted molar refractivity (Wildman–Crippen MR) is 109 cm³/mol. The van der Waals surface area contributed by atoms with Crippen molar-refractivity contribution < 1.29 is 19.0 Å². The second kappa shape index (κ2) is 9.36. The fraction of sp³-hybridized carbons (Fsp3) is 0.292. The van der Waals surface area contributed by atoms with Crippen LogP contribution in [0.3, 0.4) is 0 Å². The molecule has 1 aliphatic carbocycles. The smallest absolute Gasteiger partial charge is 0.330 e. The van der Waals surface area contributed by atoms with Gasteiger partial charge in [0.1, 0.15) is 11.6 Å². The highest BCUT2D eigenvalue weighted by atomic mass is 19.1. The van der Waals surface area contributed by atoms with E-state index in [2.05, 4.69) is 0 Å². The first kappa shape index (κ1) is 19.9. The molecule has 1 N–H and O–H groups in total.